The first-order chi connectivity index (χ1) is 17.1. The summed E-state index contributed by atoms with van der Waals surface area (Å²) in [5, 5.41) is 22.3. The van der Waals surface area contributed by atoms with Crippen LogP contribution in [0.3, 0.4) is 0 Å². The molecule has 0 amide bonds. The number of ether oxygens (including phenoxy) is 4. The summed E-state index contributed by atoms with van der Waals surface area (Å²) < 4.78 is 22.5. The van der Waals surface area contributed by atoms with Gasteiger partial charge >= 0.3 is 0 Å². The van der Waals surface area contributed by atoms with Crippen LogP contribution in [0.1, 0.15) is 0 Å². The fourth-order valence-electron chi connectivity index (χ4n) is 3.22. The van der Waals surface area contributed by atoms with E-state index >= 15 is 0 Å². The van der Waals surface area contributed by atoms with Crippen molar-refractivity contribution < 1.29 is 29.2 Å². The number of hydrogen-bond donors (Lipinski definition) is 2. The van der Waals surface area contributed by atoms with Gasteiger partial charge in [0.05, 0.1) is 31.3 Å². The average molecular weight is 497 g/mol. The molecular formula is C28H32O6S. The van der Waals surface area contributed by atoms with E-state index in [2.05, 4.69) is 13.2 Å². The van der Waals surface area contributed by atoms with E-state index in [-0.39, 0.29) is 26.4 Å². The van der Waals surface area contributed by atoms with Crippen LogP contribution in [-0.2, 0) is 9.47 Å². The van der Waals surface area contributed by atoms with Crippen LogP contribution in [0.5, 0.6) is 11.5 Å². The highest BCUT2D eigenvalue weighted by molar-refractivity contribution is 7.99. The molecule has 0 spiro atoms. The van der Waals surface area contributed by atoms with Crippen LogP contribution < -0.4 is 9.47 Å². The Labute approximate surface area is 210 Å². The molecule has 35 heavy (non-hydrogen) atoms. The van der Waals surface area contributed by atoms with Gasteiger partial charge in [-0.25, -0.2) is 0 Å². The summed E-state index contributed by atoms with van der Waals surface area (Å²) in [6, 6.07) is 19.7. The second-order valence-electron chi connectivity index (χ2n) is 7.77. The van der Waals surface area contributed by atoms with Crippen molar-refractivity contribution in [1.82, 2.24) is 0 Å². The van der Waals surface area contributed by atoms with E-state index in [4.69, 9.17) is 18.9 Å². The Balaban J connectivity index is 1.81. The summed E-state index contributed by atoms with van der Waals surface area (Å²) in [4.78, 5) is 1.97. The molecule has 0 radical (unpaired) electrons. The van der Waals surface area contributed by atoms with Gasteiger partial charge in [-0.15, -0.1) is 13.2 Å². The third-order valence-electron chi connectivity index (χ3n) is 4.84. The highest BCUT2D eigenvalue weighted by Gasteiger charge is 2.15. The highest BCUT2D eigenvalue weighted by Crippen LogP contribution is 2.41. The van der Waals surface area contributed by atoms with Crippen LogP contribution in [0, 0.1) is 0 Å². The van der Waals surface area contributed by atoms with Crippen LogP contribution in [0.4, 0.5) is 0 Å². The Morgan fingerprint density at radius 3 is 2.06 bits per heavy atom. The maximum atomic E-state index is 10.2. The first-order valence-electron chi connectivity index (χ1n) is 11.4. The second kappa shape index (κ2) is 14.6. The molecule has 0 bridgehead atoms. The zero-order valence-corrected chi connectivity index (χ0v) is 20.5. The van der Waals surface area contributed by atoms with Crippen LogP contribution in [-0.4, -0.2) is 62.1 Å². The average Bonchev–Trinajstić information content (AvgIpc) is 2.88. The van der Waals surface area contributed by atoms with E-state index in [9.17, 15) is 10.2 Å². The molecule has 3 aromatic rings. The summed E-state index contributed by atoms with van der Waals surface area (Å²) in [5.74, 6) is 1.29. The van der Waals surface area contributed by atoms with Crippen molar-refractivity contribution in [3.05, 3.63) is 86.0 Å². The maximum Gasteiger partial charge on any atom is 0.134 e. The van der Waals surface area contributed by atoms with Crippen molar-refractivity contribution in [3.63, 3.8) is 0 Å². The number of fused-ring (bicyclic) bond motifs is 1. The Morgan fingerprint density at radius 1 is 0.771 bits per heavy atom. The minimum absolute atomic E-state index is 0.0953. The first kappa shape index (κ1) is 26.8. The summed E-state index contributed by atoms with van der Waals surface area (Å²) in [5.41, 5.74) is 0. The molecule has 0 aliphatic heterocycles. The third kappa shape index (κ3) is 8.72. The van der Waals surface area contributed by atoms with Gasteiger partial charge in [0.25, 0.3) is 0 Å². The molecule has 186 valence electrons. The summed E-state index contributed by atoms with van der Waals surface area (Å²) in [7, 11) is 0. The largest absolute Gasteiger partial charge is 0.491 e. The van der Waals surface area contributed by atoms with Gasteiger partial charge in [-0.1, -0.05) is 54.2 Å². The zero-order chi connectivity index (χ0) is 24.9. The van der Waals surface area contributed by atoms with Gasteiger partial charge in [0.1, 0.15) is 36.9 Å². The maximum absolute atomic E-state index is 10.2. The molecule has 0 saturated heterocycles. The lowest BCUT2D eigenvalue weighted by Crippen LogP contribution is -2.23. The van der Waals surface area contributed by atoms with E-state index in [1.807, 2.05) is 60.7 Å². The van der Waals surface area contributed by atoms with E-state index < -0.39 is 12.2 Å². The van der Waals surface area contributed by atoms with E-state index in [1.54, 1.807) is 23.9 Å². The third-order valence-corrected chi connectivity index (χ3v) is 5.97. The molecule has 6 nitrogen and oxygen atoms in total. The van der Waals surface area contributed by atoms with Gasteiger partial charge in [0.15, 0.2) is 0 Å². The summed E-state index contributed by atoms with van der Waals surface area (Å²) >= 11 is 1.58. The fraction of sp³-hybridized carbons (Fsp3) is 0.286. The molecule has 3 aromatic carbocycles. The molecule has 7 heteroatoms. The van der Waals surface area contributed by atoms with Gasteiger partial charge in [-0.05, 0) is 35.7 Å². The van der Waals surface area contributed by atoms with E-state index in [1.165, 1.54) is 0 Å². The topological polar surface area (TPSA) is 77.4 Å². The Hall–Kier alpha value is -2.81. The van der Waals surface area contributed by atoms with Crippen molar-refractivity contribution in [2.45, 2.75) is 22.0 Å². The summed E-state index contributed by atoms with van der Waals surface area (Å²) in [6.07, 6.45) is 1.76. The van der Waals surface area contributed by atoms with E-state index in [0.717, 1.165) is 20.6 Å². The lowest BCUT2D eigenvalue weighted by atomic mass is 10.1. The van der Waals surface area contributed by atoms with Crippen LogP contribution >= 0.6 is 11.8 Å². The minimum atomic E-state index is -0.764. The van der Waals surface area contributed by atoms with Gasteiger partial charge < -0.3 is 29.2 Å². The fourth-order valence-corrected chi connectivity index (χ4v) is 4.26. The molecule has 3 rings (SSSR count). The van der Waals surface area contributed by atoms with Crippen molar-refractivity contribution in [2.24, 2.45) is 0 Å². The quantitative estimate of drug-likeness (QED) is 0.216. The number of benzene rings is 3. The normalized spacial score (nSPS) is 12.7. The van der Waals surface area contributed by atoms with Crippen molar-refractivity contribution in [3.8, 4) is 11.5 Å². The molecule has 2 atom stereocenters. The molecule has 0 aromatic heterocycles. The second-order valence-corrected chi connectivity index (χ2v) is 8.86. The highest BCUT2D eigenvalue weighted by atomic mass is 32.2. The number of aliphatic hydroxyl groups excluding tert-OH is 2. The Kier molecular flexibility index (Phi) is 11.1. The number of rotatable bonds is 16. The lowest BCUT2D eigenvalue weighted by Gasteiger charge is -2.17. The molecule has 2 N–H and O–H groups in total. The first-order valence-corrected chi connectivity index (χ1v) is 12.2. The van der Waals surface area contributed by atoms with Crippen molar-refractivity contribution in [2.75, 3.05) is 39.6 Å². The van der Waals surface area contributed by atoms with Gasteiger partial charge in [-0.2, -0.15) is 0 Å². The number of hydrogen-bond acceptors (Lipinski definition) is 7. The van der Waals surface area contributed by atoms with Crippen LogP contribution in [0.2, 0.25) is 0 Å². The molecule has 2 unspecified atom stereocenters. The smallest absolute Gasteiger partial charge is 0.134 e. The monoisotopic (exact) mass is 496 g/mol. The van der Waals surface area contributed by atoms with Gasteiger partial charge in [0.2, 0.25) is 0 Å². The number of aliphatic hydroxyl groups is 2. The Bertz CT molecular complexity index is 1070. The van der Waals surface area contributed by atoms with Gasteiger partial charge in [0, 0.05) is 10.3 Å². The molecule has 0 aliphatic rings. The van der Waals surface area contributed by atoms with Crippen molar-refractivity contribution >= 4 is 22.5 Å². The minimum Gasteiger partial charge on any atom is -0.491 e. The zero-order valence-electron chi connectivity index (χ0n) is 19.7. The Morgan fingerprint density at radius 2 is 1.40 bits per heavy atom. The predicted molar refractivity (Wildman–Crippen MR) is 140 cm³/mol. The summed E-state index contributed by atoms with van der Waals surface area (Å²) in [6.45, 7) is 8.49. The molecular weight excluding hydrogens is 464 g/mol. The standard InChI is InChI=1S/C28H32O6S/c1-3-14-31-17-22(29)19-33-24-12-10-21-11-13-27(34-20-23(30)18-32-15-4-2)28(26(21)16-24)35-25-8-6-5-7-9-25/h3-13,16,22-23,29-30H,1-2,14-15,17-20H2. The molecule has 0 heterocycles. The molecule has 0 fully saturated rings. The molecule has 0 aliphatic carbocycles. The SMILES string of the molecule is C=CCOCC(O)COc1ccc2ccc(OCC(O)COCC=C)c(Sc3ccccc3)c2c1. The molecule has 0 saturated carbocycles. The van der Waals surface area contributed by atoms with E-state index in [0.29, 0.717) is 24.7 Å². The lowest BCUT2D eigenvalue weighted by molar-refractivity contribution is 0.0208. The predicted octanol–water partition coefficient (Wildman–Crippen LogP) is 4.88. The van der Waals surface area contributed by atoms with Crippen molar-refractivity contribution in [1.29, 1.82) is 0 Å². The van der Waals surface area contributed by atoms with Crippen LogP contribution in [0.25, 0.3) is 10.8 Å². The van der Waals surface area contributed by atoms with Gasteiger partial charge in [-0.3, -0.25) is 0 Å². The van der Waals surface area contributed by atoms with Crippen LogP contribution in [0.15, 0.2) is 95.8 Å².